The molecular formula is C12H19F6N. The van der Waals surface area contributed by atoms with E-state index < -0.39 is 30.2 Å². The van der Waals surface area contributed by atoms with E-state index in [-0.39, 0.29) is 0 Å². The second-order valence-corrected chi connectivity index (χ2v) is 5.13. The van der Waals surface area contributed by atoms with E-state index in [0.29, 0.717) is 25.7 Å². The Labute approximate surface area is 108 Å². The van der Waals surface area contributed by atoms with Crippen LogP contribution in [0.1, 0.15) is 38.5 Å². The van der Waals surface area contributed by atoms with Crippen molar-refractivity contribution in [3.05, 3.63) is 0 Å². The molecule has 1 rings (SSSR count). The quantitative estimate of drug-likeness (QED) is 0.604. The first kappa shape index (κ1) is 16.6. The molecule has 7 heteroatoms. The van der Waals surface area contributed by atoms with Crippen LogP contribution in [0.25, 0.3) is 0 Å². The standard InChI is InChI=1S/C12H19F6N/c1-19-9(8-6-4-2-3-5-7-8)10(11(13,14)15)12(16,17)18/h8-10,19H,2-7H2,1H3. The van der Waals surface area contributed by atoms with Gasteiger partial charge in [-0.2, -0.15) is 26.3 Å². The van der Waals surface area contributed by atoms with Crippen LogP contribution in [0.4, 0.5) is 26.3 Å². The van der Waals surface area contributed by atoms with Crippen LogP contribution in [0.2, 0.25) is 0 Å². The minimum Gasteiger partial charge on any atom is -0.316 e. The lowest BCUT2D eigenvalue weighted by Gasteiger charge is -2.35. The summed E-state index contributed by atoms with van der Waals surface area (Å²) < 4.78 is 76.5. The molecule has 0 aromatic heterocycles. The zero-order chi connectivity index (χ0) is 14.7. The average Bonchev–Trinajstić information content (AvgIpc) is 2.50. The van der Waals surface area contributed by atoms with Gasteiger partial charge in [-0.15, -0.1) is 0 Å². The molecular weight excluding hydrogens is 272 g/mol. The van der Waals surface area contributed by atoms with Crippen LogP contribution in [0.15, 0.2) is 0 Å². The summed E-state index contributed by atoms with van der Waals surface area (Å²) in [5, 5.41) is 2.27. The molecule has 114 valence electrons. The van der Waals surface area contributed by atoms with Crippen molar-refractivity contribution in [2.75, 3.05) is 7.05 Å². The molecule has 19 heavy (non-hydrogen) atoms. The fourth-order valence-electron chi connectivity index (χ4n) is 2.94. The minimum absolute atomic E-state index is 0.425. The Morgan fingerprint density at radius 2 is 1.26 bits per heavy atom. The summed E-state index contributed by atoms with van der Waals surface area (Å²) in [6.07, 6.45) is -6.51. The van der Waals surface area contributed by atoms with Gasteiger partial charge in [-0.1, -0.05) is 25.7 Å². The summed E-state index contributed by atoms with van der Waals surface area (Å²) in [5.41, 5.74) is 0. The second kappa shape index (κ2) is 6.33. The Kier molecular flexibility index (Phi) is 5.53. The van der Waals surface area contributed by atoms with E-state index in [9.17, 15) is 26.3 Å². The van der Waals surface area contributed by atoms with Gasteiger partial charge in [0.1, 0.15) is 0 Å². The Morgan fingerprint density at radius 1 is 0.842 bits per heavy atom. The summed E-state index contributed by atoms with van der Waals surface area (Å²) in [7, 11) is 1.18. The highest BCUT2D eigenvalue weighted by Crippen LogP contribution is 2.44. The molecule has 0 heterocycles. The van der Waals surface area contributed by atoms with Crippen molar-refractivity contribution in [2.24, 2.45) is 11.8 Å². The van der Waals surface area contributed by atoms with Gasteiger partial charge in [0.25, 0.3) is 0 Å². The van der Waals surface area contributed by atoms with Gasteiger partial charge in [0, 0.05) is 6.04 Å². The van der Waals surface area contributed by atoms with Gasteiger partial charge in [-0.25, -0.2) is 0 Å². The van der Waals surface area contributed by atoms with Crippen LogP contribution in [0.5, 0.6) is 0 Å². The molecule has 0 saturated heterocycles. The van der Waals surface area contributed by atoms with E-state index in [2.05, 4.69) is 5.32 Å². The van der Waals surface area contributed by atoms with Crippen LogP contribution in [0.3, 0.4) is 0 Å². The van der Waals surface area contributed by atoms with Crippen molar-refractivity contribution in [2.45, 2.75) is 56.9 Å². The topological polar surface area (TPSA) is 12.0 Å². The lowest BCUT2D eigenvalue weighted by molar-refractivity contribution is -0.295. The van der Waals surface area contributed by atoms with Gasteiger partial charge in [0.15, 0.2) is 5.92 Å². The molecule has 1 atom stereocenters. The third kappa shape index (κ3) is 4.54. The molecule has 1 unspecified atom stereocenters. The molecule has 1 aliphatic rings. The lowest BCUT2D eigenvalue weighted by atomic mass is 9.82. The van der Waals surface area contributed by atoms with E-state index in [1.807, 2.05) is 0 Å². The first-order valence-electron chi connectivity index (χ1n) is 6.48. The van der Waals surface area contributed by atoms with E-state index >= 15 is 0 Å². The Balaban J connectivity index is 2.95. The summed E-state index contributed by atoms with van der Waals surface area (Å²) in [6, 6.07) is -1.59. The summed E-state index contributed by atoms with van der Waals surface area (Å²) in [5.74, 6) is -3.85. The largest absolute Gasteiger partial charge is 0.402 e. The molecule has 1 fully saturated rings. The van der Waals surface area contributed by atoms with Gasteiger partial charge in [0.2, 0.25) is 0 Å². The molecule has 1 aliphatic carbocycles. The monoisotopic (exact) mass is 291 g/mol. The van der Waals surface area contributed by atoms with E-state index in [1.54, 1.807) is 0 Å². The molecule has 0 aliphatic heterocycles. The smallest absolute Gasteiger partial charge is 0.316 e. The first-order chi connectivity index (χ1) is 8.68. The number of nitrogens with one attached hydrogen (secondary N) is 1. The molecule has 1 N–H and O–H groups in total. The molecule has 0 bridgehead atoms. The third-order valence-corrected chi connectivity index (χ3v) is 3.81. The molecule has 1 saturated carbocycles. The Bertz CT molecular complexity index is 250. The molecule has 0 aromatic carbocycles. The molecule has 0 aromatic rings. The van der Waals surface area contributed by atoms with Crippen LogP contribution >= 0.6 is 0 Å². The van der Waals surface area contributed by atoms with Crippen molar-refractivity contribution < 1.29 is 26.3 Å². The molecule has 0 radical (unpaired) electrons. The maximum absolute atomic E-state index is 12.7. The number of hydrogen-bond acceptors (Lipinski definition) is 1. The fourth-order valence-corrected chi connectivity index (χ4v) is 2.94. The number of alkyl halides is 6. The third-order valence-electron chi connectivity index (χ3n) is 3.81. The number of halogens is 6. The van der Waals surface area contributed by atoms with Gasteiger partial charge in [-0.05, 0) is 25.8 Å². The number of rotatable bonds is 3. The van der Waals surface area contributed by atoms with Crippen molar-refractivity contribution in [3.63, 3.8) is 0 Å². The predicted molar refractivity (Wildman–Crippen MR) is 59.6 cm³/mol. The maximum atomic E-state index is 12.7. The predicted octanol–water partition coefficient (Wildman–Crippen LogP) is 4.29. The summed E-state index contributed by atoms with van der Waals surface area (Å²) in [6.45, 7) is 0. The zero-order valence-corrected chi connectivity index (χ0v) is 10.7. The van der Waals surface area contributed by atoms with Crippen LogP contribution in [-0.2, 0) is 0 Å². The van der Waals surface area contributed by atoms with Gasteiger partial charge in [0.05, 0.1) is 0 Å². The Hall–Kier alpha value is -0.460. The van der Waals surface area contributed by atoms with Crippen molar-refractivity contribution in [3.8, 4) is 0 Å². The highest BCUT2D eigenvalue weighted by Gasteiger charge is 2.61. The highest BCUT2D eigenvalue weighted by atomic mass is 19.4. The lowest BCUT2D eigenvalue weighted by Crippen LogP contribution is -2.53. The van der Waals surface area contributed by atoms with E-state index in [4.69, 9.17) is 0 Å². The van der Waals surface area contributed by atoms with Crippen molar-refractivity contribution in [1.29, 1.82) is 0 Å². The fraction of sp³-hybridized carbons (Fsp3) is 1.00. The maximum Gasteiger partial charge on any atom is 0.402 e. The van der Waals surface area contributed by atoms with Crippen LogP contribution < -0.4 is 5.32 Å². The average molecular weight is 291 g/mol. The van der Waals surface area contributed by atoms with E-state index in [1.165, 1.54) is 7.05 Å². The van der Waals surface area contributed by atoms with Crippen LogP contribution in [0, 0.1) is 11.8 Å². The second-order valence-electron chi connectivity index (χ2n) is 5.13. The highest BCUT2D eigenvalue weighted by molar-refractivity contribution is 4.91. The first-order valence-corrected chi connectivity index (χ1v) is 6.48. The SMILES string of the molecule is CNC(C1CCCCCC1)C(C(F)(F)F)C(F)(F)F. The number of hydrogen-bond donors (Lipinski definition) is 1. The molecule has 0 spiro atoms. The summed E-state index contributed by atoms with van der Waals surface area (Å²) in [4.78, 5) is 0. The molecule has 0 amide bonds. The van der Waals surface area contributed by atoms with Gasteiger partial charge < -0.3 is 5.32 Å². The summed E-state index contributed by atoms with van der Waals surface area (Å²) >= 11 is 0. The van der Waals surface area contributed by atoms with Crippen LogP contribution in [-0.4, -0.2) is 25.4 Å². The van der Waals surface area contributed by atoms with Gasteiger partial charge >= 0.3 is 12.4 Å². The van der Waals surface area contributed by atoms with E-state index in [0.717, 1.165) is 12.8 Å². The normalized spacial score (nSPS) is 21.5. The van der Waals surface area contributed by atoms with Gasteiger partial charge in [-0.3, -0.25) is 0 Å². The molecule has 1 nitrogen and oxygen atoms in total. The van der Waals surface area contributed by atoms with Crippen molar-refractivity contribution >= 4 is 0 Å². The minimum atomic E-state index is -5.27. The Morgan fingerprint density at radius 3 is 1.58 bits per heavy atom. The van der Waals surface area contributed by atoms with Crippen molar-refractivity contribution in [1.82, 2.24) is 5.32 Å². The zero-order valence-electron chi connectivity index (χ0n) is 10.7.